The normalized spacial score (nSPS) is 17.6. The van der Waals surface area contributed by atoms with Gasteiger partial charge in [0.1, 0.15) is 18.1 Å². The molecule has 1 saturated carbocycles. The second-order valence-electron chi connectivity index (χ2n) is 10.3. The lowest BCUT2D eigenvalue weighted by molar-refractivity contribution is -0.144. The van der Waals surface area contributed by atoms with Crippen molar-refractivity contribution in [3.05, 3.63) is 41.5 Å². The Labute approximate surface area is 233 Å². The number of nitrogens with one attached hydrogen (secondary N) is 3. The van der Waals surface area contributed by atoms with Crippen LogP contribution in [0.2, 0.25) is 0 Å². The van der Waals surface area contributed by atoms with E-state index in [9.17, 15) is 44.7 Å². The molecule has 230 valence electrons. The Morgan fingerprint density at radius 3 is 2.43 bits per heavy atom. The summed E-state index contributed by atoms with van der Waals surface area (Å²) in [4.78, 5) is 32.5. The van der Waals surface area contributed by atoms with E-state index in [0.29, 0.717) is 21.3 Å². The van der Waals surface area contributed by atoms with Gasteiger partial charge in [-0.05, 0) is 43.4 Å². The van der Waals surface area contributed by atoms with E-state index in [2.05, 4.69) is 30.9 Å². The zero-order chi connectivity index (χ0) is 30.9. The maximum absolute atomic E-state index is 13.9. The lowest BCUT2D eigenvalue weighted by Crippen LogP contribution is -2.38. The summed E-state index contributed by atoms with van der Waals surface area (Å²) in [5, 5.41) is 11.8. The van der Waals surface area contributed by atoms with Gasteiger partial charge >= 0.3 is 12.4 Å². The van der Waals surface area contributed by atoms with E-state index < -0.39 is 86.0 Å². The fourth-order valence-electron chi connectivity index (χ4n) is 4.86. The van der Waals surface area contributed by atoms with Crippen molar-refractivity contribution in [1.29, 1.82) is 0 Å². The number of carbonyl (C=O) groups is 2. The minimum Gasteiger partial charge on any atom is -0.350 e. The van der Waals surface area contributed by atoms with E-state index in [-0.39, 0.29) is 18.7 Å². The number of rotatable bonds is 9. The number of H-pyrrole nitrogens is 1. The Kier molecular flexibility index (Phi) is 8.78. The number of hydrogen-bond donors (Lipinski definition) is 3. The number of aromatic amines is 1. The van der Waals surface area contributed by atoms with E-state index in [1.54, 1.807) is 25.1 Å². The standard InChI is InChI=1S/C25H27F8N7O2/c1-13(35-19(41)6-9-24(28,29)30)15-2-3-16-17(10-15)37-21(36-16)20(14-4-7-23(26,27)8-5-14)38-22(42)18-11-34-39-40(18)12-25(31,32)33/h2-3,10-11,13-14,20H,4-9,12H2,1H3,(H,35,41)(H,36,37)(H,38,42)/t13-,20+/m1/s1. The van der Waals surface area contributed by atoms with Crippen molar-refractivity contribution in [2.75, 3.05) is 0 Å². The molecule has 3 aromatic rings. The van der Waals surface area contributed by atoms with Crippen molar-refractivity contribution in [3.63, 3.8) is 0 Å². The van der Waals surface area contributed by atoms with E-state index in [1.165, 1.54) is 0 Å². The number of alkyl halides is 8. The van der Waals surface area contributed by atoms with E-state index in [0.717, 1.165) is 6.20 Å². The summed E-state index contributed by atoms with van der Waals surface area (Å²) >= 11 is 0. The van der Waals surface area contributed by atoms with Gasteiger partial charge in [0.2, 0.25) is 11.8 Å². The summed E-state index contributed by atoms with van der Waals surface area (Å²) in [5.74, 6) is -5.00. The SMILES string of the molecule is C[C@@H](NC(=O)CCC(F)(F)F)c1ccc2nc([C@@H](NC(=O)c3cnnn3CC(F)(F)F)C3CCC(F)(F)CC3)[nH]c2c1. The summed E-state index contributed by atoms with van der Waals surface area (Å²) in [6.07, 6.45) is -11.2. The van der Waals surface area contributed by atoms with Gasteiger partial charge in [-0.3, -0.25) is 9.59 Å². The number of halogens is 8. The van der Waals surface area contributed by atoms with Crippen LogP contribution in [0.4, 0.5) is 35.1 Å². The Morgan fingerprint density at radius 2 is 1.79 bits per heavy atom. The molecule has 1 aliphatic carbocycles. The average Bonchev–Trinajstić information content (AvgIpc) is 3.51. The molecule has 4 rings (SSSR count). The van der Waals surface area contributed by atoms with Crippen molar-refractivity contribution < 1.29 is 44.7 Å². The van der Waals surface area contributed by atoms with Crippen LogP contribution in [0.3, 0.4) is 0 Å². The Balaban J connectivity index is 1.57. The number of amides is 2. The second-order valence-corrected chi connectivity index (χ2v) is 10.3. The molecule has 42 heavy (non-hydrogen) atoms. The first kappa shape index (κ1) is 31.2. The largest absolute Gasteiger partial charge is 0.408 e. The highest BCUT2D eigenvalue weighted by Gasteiger charge is 2.40. The van der Waals surface area contributed by atoms with Crippen molar-refractivity contribution in [2.45, 2.75) is 82.4 Å². The second kappa shape index (κ2) is 11.8. The predicted octanol–water partition coefficient (Wildman–Crippen LogP) is 5.53. The molecule has 2 amide bonds. The fourth-order valence-corrected chi connectivity index (χ4v) is 4.86. The third-order valence-corrected chi connectivity index (χ3v) is 7.03. The van der Waals surface area contributed by atoms with Crippen LogP contribution >= 0.6 is 0 Å². The lowest BCUT2D eigenvalue weighted by atomic mass is 9.81. The Hall–Kier alpha value is -3.79. The summed E-state index contributed by atoms with van der Waals surface area (Å²) in [5.41, 5.74) is 0.863. The number of aromatic nitrogens is 5. The lowest BCUT2D eigenvalue weighted by Gasteiger charge is -2.33. The molecular formula is C25H27F8N7O2. The highest BCUT2D eigenvalue weighted by atomic mass is 19.4. The number of fused-ring (bicyclic) bond motifs is 1. The summed E-state index contributed by atoms with van der Waals surface area (Å²) in [6, 6.07) is 3.10. The van der Waals surface area contributed by atoms with Crippen molar-refractivity contribution in [2.24, 2.45) is 5.92 Å². The quantitative estimate of drug-likeness (QED) is 0.276. The zero-order valence-electron chi connectivity index (χ0n) is 22.1. The maximum Gasteiger partial charge on any atom is 0.408 e. The van der Waals surface area contributed by atoms with Gasteiger partial charge in [0.05, 0.1) is 35.7 Å². The molecular weight excluding hydrogens is 582 g/mol. The highest BCUT2D eigenvalue weighted by molar-refractivity contribution is 5.92. The zero-order valence-corrected chi connectivity index (χ0v) is 22.1. The average molecular weight is 610 g/mol. The molecule has 0 saturated heterocycles. The first-order chi connectivity index (χ1) is 19.5. The number of carbonyl (C=O) groups excluding carboxylic acids is 2. The summed E-state index contributed by atoms with van der Waals surface area (Å²) in [6.45, 7) is 0.0156. The third-order valence-electron chi connectivity index (χ3n) is 7.03. The smallest absolute Gasteiger partial charge is 0.350 e. The molecule has 9 nitrogen and oxygen atoms in total. The van der Waals surface area contributed by atoms with Crippen LogP contribution in [0.25, 0.3) is 11.0 Å². The molecule has 0 unspecified atom stereocenters. The molecule has 2 heterocycles. The molecule has 2 atom stereocenters. The number of imidazole rings is 1. The van der Waals surface area contributed by atoms with Gasteiger partial charge in [-0.1, -0.05) is 11.3 Å². The maximum atomic E-state index is 13.9. The molecule has 0 spiro atoms. The Bertz CT molecular complexity index is 1410. The molecule has 17 heteroatoms. The van der Waals surface area contributed by atoms with Gasteiger partial charge in [-0.25, -0.2) is 18.4 Å². The van der Waals surface area contributed by atoms with Gasteiger partial charge in [0, 0.05) is 19.3 Å². The van der Waals surface area contributed by atoms with Crippen LogP contribution in [0.15, 0.2) is 24.4 Å². The number of benzene rings is 1. The highest BCUT2D eigenvalue weighted by Crippen LogP contribution is 2.41. The first-order valence-corrected chi connectivity index (χ1v) is 13.0. The van der Waals surface area contributed by atoms with Crippen LogP contribution in [0.5, 0.6) is 0 Å². The van der Waals surface area contributed by atoms with Gasteiger partial charge in [-0.15, -0.1) is 5.10 Å². The van der Waals surface area contributed by atoms with Crippen molar-refractivity contribution in [3.8, 4) is 0 Å². The summed E-state index contributed by atoms with van der Waals surface area (Å²) in [7, 11) is 0. The molecule has 0 radical (unpaired) electrons. The van der Waals surface area contributed by atoms with Crippen LogP contribution < -0.4 is 10.6 Å². The van der Waals surface area contributed by atoms with Gasteiger partial charge in [-0.2, -0.15) is 26.3 Å². The molecule has 1 aliphatic rings. The predicted molar refractivity (Wildman–Crippen MR) is 131 cm³/mol. The minimum absolute atomic E-state index is 0.00129. The topological polar surface area (TPSA) is 118 Å². The van der Waals surface area contributed by atoms with E-state index in [1.807, 2.05) is 0 Å². The minimum atomic E-state index is -4.68. The third kappa shape index (κ3) is 8.15. The fraction of sp³-hybridized carbons (Fsp3) is 0.560. The number of nitrogens with zero attached hydrogens (tertiary/aromatic N) is 4. The molecule has 0 aliphatic heterocycles. The molecule has 0 bridgehead atoms. The van der Waals surface area contributed by atoms with Crippen molar-refractivity contribution in [1.82, 2.24) is 35.6 Å². The number of hydrogen-bond acceptors (Lipinski definition) is 5. The van der Waals surface area contributed by atoms with Gasteiger partial charge in [0.25, 0.3) is 5.91 Å². The van der Waals surface area contributed by atoms with Gasteiger partial charge < -0.3 is 15.6 Å². The summed E-state index contributed by atoms with van der Waals surface area (Å²) < 4.78 is 104. The molecule has 1 aromatic carbocycles. The van der Waals surface area contributed by atoms with E-state index >= 15 is 0 Å². The molecule has 3 N–H and O–H groups in total. The monoisotopic (exact) mass is 609 g/mol. The van der Waals surface area contributed by atoms with Crippen LogP contribution in [0.1, 0.15) is 79.4 Å². The molecule has 1 fully saturated rings. The van der Waals surface area contributed by atoms with Crippen LogP contribution in [0, 0.1) is 5.92 Å². The van der Waals surface area contributed by atoms with Crippen molar-refractivity contribution >= 4 is 22.8 Å². The van der Waals surface area contributed by atoms with Crippen LogP contribution in [-0.2, 0) is 11.3 Å². The first-order valence-electron chi connectivity index (χ1n) is 13.0. The van der Waals surface area contributed by atoms with Crippen LogP contribution in [-0.4, -0.2) is 55.1 Å². The van der Waals surface area contributed by atoms with Gasteiger partial charge in [0.15, 0.2) is 0 Å². The Morgan fingerprint density at radius 1 is 1.10 bits per heavy atom. The van der Waals surface area contributed by atoms with E-state index in [4.69, 9.17) is 0 Å². The molecule has 2 aromatic heterocycles.